The van der Waals surface area contributed by atoms with Gasteiger partial charge in [-0.25, -0.2) is 0 Å². The zero-order valence-corrected chi connectivity index (χ0v) is 13.0. The van der Waals surface area contributed by atoms with Crippen molar-refractivity contribution in [3.05, 3.63) is 40.1 Å². The molecule has 1 aromatic carbocycles. The Morgan fingerprint density at radius 1 is 0.900 bits per heavy atom. The van der Waals surface area contributed by atoms with Gasteiger partial charge in [-0.2, -0.15) is 15.0 Å². The number of nitrogens with zero attached hydrogens (tertiary/aromatic N) is 5. The van der Waals surface area contributed by atoms with Crippen LogP contribution >= 0.6 is 23.2 Å². The van der Waals surface area contributed by atoms with Crippen molar-refractivity contribution in [1.82, 2.24) is 15.0 Å². The molecule has 0 aliphatic heterocycles. The summed E-state index contributed by atoms with van der Waals surface area (Å²) < 4.78 is 0. The molecule has 0 bridgehead atoms. The van der Waals surface area contributed by atoms with E-state index in [9.17, 15) is 0 Å². The van der Waals surface area contributed by atoms with Gasteiger partial charge in [0.1, 0.15) is 0 Å². The molecule has 0 aliphatic carbocycles. The highest BCUT2D eigenvalue weighted by atomic mass is 35.5. The monoisotopic (exact) mass is 311 g/mol. The third-order valence-electron chi connectivity index (χ3n) is 2.66. The molecule has 0 atom stereocenters. The highest BCUT2D eigenvalue weighted by Gasteiger charge is 2.11. The molecule has 0 saturated carbocycles. The lowest BCUT2D eigenvalue weighted by atomic mass is 10.2. The van der Waals surface area contributed by atoms with Crippen molar-refractivity contribution in [2.24, 2.45) is 0 Å². The van der Waals surface area contributed by atoms with Gasteiger partial charge in [-0.3, -0.25) is 0 Å². The van der Waals surface area contributed by atoms with E-state index < -0.39 is 0 Å². The van der Waals surface area contributed by atoms with Crippen molar-refractivity contribution in [3.63, 3.8) is 0 Å². The van der Waals surface area contributed by atoms with Crippen LogP contribution in [-0.4, -0.2) is 36.1 Å². The second kappa shape index (κ2) is 6.24. The SMILES string of the molecule is CN(C)c1nc(Cl)nc(N(C)Cc2ccc(Cl)cc2)n1. The largest absolute Gasteiger partial charge is 0.347 e. The minimum atomic E-state index is 0.182. The number of hydrogen-bond donors (Lipinski definition) is 0. The summed E-state index contributed by atoms with van der Waals surface area (Å²) in [6.45, 7) is 0.657. The number of halogens is 2. The molecule has 0 radical (unpaired) electrons. The van der Waals surface area contributed by atoms with Crippen LogP contribution in [0, 0.1) is 0 Å². The quantitative estimate of drug-likeness (QED) is 0.868. The summed E-state index contributed by atoms with van der Waals surface area (Å²) in [4.78, 5) is 16.3. The summed E-state index contributed by atoms with van der Waals surface area (Å²) in [5.74, 6) is 1.06. The fourth-order valence-corrected chi connectivity index (χ4v) is 1.91. The van der Waals surface area contributed by atoms with Gasteiger partial charge in [0.2, 0.25) is 17.2 Å². The Hall–Kier alpha value is -1.59. The Bertz CT molecular complexity index is 586. The normalized spacial score (nSPS) is 10.4. The molecule has 0 aliphatic rings. The highest BCUT2D eigenvalue weighted by Crippen LogP contribution is 2.17. The molecule has 0 unspecified atom stereocenters. The Labute approximate surface area is 128 Å². The molecule has 20 heavy (non-hydrogen) atoms. The van der Waals surface area contributed by atoms with Gasteiger partial charge >= 0.3 is 0 Å². The number of benzene rings is 1. The smallest absolute Gasteiger partial charge is 0.231 e. The van der Waals surface area contributed by atoms with E-state index in [4.69, 9.17) is 23.2 Å². The summed E-state index contributed by atoms with van der Waals surface area (Å²) in [6, 6.07) is 7.65. The van der Waals surface area contributed by atoms with Crippen molar-refractivity contribution in [3.8, 4) is 0 Å². The molecule has 7 heteroatoms. The Kier molecular flexibility index (Phi) is 4.62. The molecule has 5 nitrogen and oxygen atoms in total. The maximum absolute atomic E-state index is 5.93. The van der Waals surface area contributed by atoms with Gasteiger partial charge in [0, 0.05) is 32.7 Å². The number of anilines is 2. The minimum Gasteiger partial charge on any atom is -0.347 e. The van der Waals surface area contributed by atoms with Gasteiger partial charge in [0.15, 0.2) is 0 Å². The lowest BCUT2D eigenvalue weighted by molar-refractivity contribution is 0.842. The molecule has 106 valence electrons. The standard InChI is InChI=1S/C13H15Cl2N5/c1-19(2)12-16-11(15)17-13(18-12)20(3)8-9-4-6-10(14)7-5-9/h4-7H,8H2,1-3H3. The van der Waals surface area contributed by atoms with Crippen LogP contribution in [0.1, 0.15) is 5.56 Å². The average Bonchev–Trinajstić information content (AvgIpc) is 2.40. The Morgan fingerprint density at radius 3 is 2.10 bits per heavy atom. The summed E-state index contributed by atoms with van der Waals surface area (Å²) in [6.07, 6.45) is 0. The molecule has 2 rings (SSSR count). The van der Waals surface area contributed by atoms with Gasteiger partial charge in [0.05, 0.1) is 0 Å². The van der Waals surface area contributed by atoms with Gasteiger partial charge in [-0.05, 0) is 29.3 Å². The van der Waals surface area contributed by atoms with Crippen molar-refractivity contribution in [1.29, 1.82) is 0 Å². The fourth-order valence-electron chi connectivity index (χ4n) is 1.63. The third kappa shape index (κ3) is 3.71. The van der Waals surface area contributed by atoms with E-state index in [1.807, 2.05) is 50.3 Å². The molecular formula is C13H15Cl2N5. The number of hydrogen-bond acceptors (Lipinski definition) is 5. The summed E-state index contributed by atoms with van der Waals surface area (Å²) in [5, 5.41) is 0.899. The predicted molar refractivity (Wildman–Crippen MR) is 82.7 cm³/mol. The second-order valence-corrected chi connectivity index (χ2v) is 5.36. The first-order valence-corrected chi connectivity index (χ1v) is 6.76. The van der Waals surface area contributed by atoms with Crippen LogP contribution in [0.5, 0.6) is 0 Å². The van der Waals surface area contributed by atoms with E-state index in [0.717, 1.165) is 10.6 Å². The van der Waals surface area contributed by atoms with Crippen molar-refractivity contribution < 1.29 is 0 Å². The van der Waals surface area contributed by atoms with Gasteiger partial charge in [-0.1, -0.05) is 23.7 Å². The third-order valence-corrected chi connectivity index (χ3v) is 3.08. The molecule has 0 N–H and O–H groups in total. The topological polar surface area (TPSA) is 45.2 Å². The van der Waals surface area contributed by atoms with Gasteiger partial charge in [-0.15, -0.1) is 0 Å². The van der Waals surface area contributed by atoms with Crippen LogP contribution in [0.25, 0.3) is 0 Å². The van der Waals surface area contributed by atoms with E-state index in [-0.39, 0.29) is 5.28 Å². The molecule has 0 spiro atoms. The van der Waals surface area contributed by atoms with E-state index in [1.165, 1.54) is 0 Å². The molecule has 0 fully saturated rings. The number of rotatable bonds is 4. The summed E-state index contributed by atoms with van der Waals surface area (Å²) in [7, 11) is 5.61. The number of aromatic nitrogens is 3. The van der Waals surface area contributed by atoms with Crippen LogP contribution in [0.2, 0.25) is 10.3 Å². The lowest BCUT2D eigenvalue weighted by Crippen LogP contribution is -2.22. The van der Waals surface area contributed by atoms with Crippen LogP contribution in [-0.2, 0) is 6.54 Å². The molecule has 1 heterocycles. The maximum atomic E-state index is 5.93. The molecular weight excluding hydrogens is 297 g/mol. The fraction of sp³-hybridized carbons (Fsp3) is 0.308. The van der Waals surface area contributed by atoms with Crippen LogP contribution < -0.4 is 9.80 Å². The average molecular weight is 312 g/mol. The maximum Gasteiger partial charge on any atom is 0.231 e. The van der Waals surface area contributed by atoms with Crippen LogP contribution in [0.4, 0.5) is 11.9 Å². The first-order valence-electron chi connectivity index (χ1n) is 6.00. The van der Waals surface area contributed by atoms with E-state index in [0.29, 0.717) is 18.4 Å². The molecule has 1 aromatic heterocycles. The van der Waals surface area contributed by atoms with Gasteiger partial charge < -0.3 is 9.80 Å². The van der Waals surface area contributed by atoms with Crippen molar-refractivity contribution in [2.75, 3.05) is 30.9 Å². The van der Waals surface area contributed by atoms with E-state index >= 15 is 0 Å². The first-order chi connectivity index (χ1) is 9.45. The van der Waals surface area contributed by atoms with Crippen molar-refractivity contribution >= 4 is 35.1 Å². The summed E-state index contributed by atoms with van der Waals surface area (Å²) >= 11 is 11.8. The van der Waals surface area contributed by atoms with Crippen LogP contribution in [0.3, 0.4) is 0 Å². The second-order valence-electron chi connectivity index (χ2n) is 4.58. The first kappa shape index (κ1) is 14.8. The van der Waals surface area contributed by atoms with Gasteiger partial charge in [0.25, 0.3) is 0 Å². The minimum absolute atomic E-state index is 0.182. The van der Waals surface area contributed by atoms with E-state index in [2.05, 4.69) is 15.0 Å². The van der Waals surface area contributed by atoms with E-state index in [1.54, 1.807) is 4.90 Å². The van der Waals surface area contributed by atoms with Crippen molar-refractivity contribution in [2.45, 2.75) is 6.54 Å². The molecule has 0 amide bonds. The highest BCUT2D eigenvalue weighted by molar-refractivity contribution is 6.30. The lowest BCUT2D eigenvalue weighted by Gasteiger charge is -2.19. The molecule has 2 aromatic rings. The Morgan fingerprint density at radius 2 is 1.50 bits per heavy atom. The summed E-state index contributed by atoms with van der Waals surface area (Å²) in [5.41, 5.74) is 1.11. The van der Waals surface area contributed by atoms with Crippen LogP contribution in [0.15, 0.2) is 24.3 Å². The zero-order chi connectivity index (χ0) is 14.7. The Balaban J connectivity index is 2.20. The molecule has 0 saturated heterocycles. The zero-order valence-electron chi connectivity index (χ0n) is 11.5. The predicted octanol–water partition coefficient (Wildman–Crippen LogP) is 2.88.